The fourth-order valence-corrected chi connectivity index (χ4v) is 3.94. The van der Waals surface area contributed by atoms with Gasteiger partial charge >= 0.3 is 0 Å². The van der Waals surface area contributed by atoms with E-state index >= 15 is 0 Å². The Morgan fingerprint density at radius 3 is 2.24 bits per heavy atom. The number of nitrogens with zero attached hydrogens (tertiary/aromatic N) is 3. The summed E-state index contributed by atoms with van der Waals surface area (Å²) in [4.78, 5) is 52.5. The lowest BCUT2D eigenvalue weighted by Gasteiger charge is -2.26. The van der Waals surface area contributed by atoms with Crippen molar-refractivity contribution in [3.63, 3.8) is 0 Å². The number of aryl methyl sites for hydroxylation is 1. The van der Waals surface area contributed by atoms with Crippen LogP contribution in [0.1, 0.15) is 36.6 Å². The van der Waals surface area contributed by atoms with E-state index in [1.54, 1.807) is 42.5 Å². The van der Waals surface area contributed by atoms with Crippen LogP contribution in [-0.4, -0.2) is 47.7 Å². The molecule has 0 spiro atoms. The van der Waals surface area contributed by atoms with Crippen LogP contribution < -0.4 is 9.64 Å². The second-order valence-electron chi connectivity index (χ2n) is 7.71. The van der Waals surface area contributed by atoms with Gasteiger partial charge in [-0.2, -0.15) is 0 Å². The number of ether oxygens (including phenoxy) is 1. The van der Waals surface area contributed by atoms with E-state index in [9.17, 15) is 24.5 Å². The summed E-state index contributed by atoms with van der Waals surface area (Å²) in [5, 5.41) is 11.5. The predicted molar refractivity (Wildman–Crippen MR) is 124 cm³/mol. The van der Waals surface area contributed by atoms with Crippen LogP contribution in [0.4, 0.5) is 11.4 Å². The standard InChI is InChI=1S/C25H21N3O6/c1-16-11-12-21(22(15-16)34-2)26(25(31)19-9-5-6-10-20(19)28(32)33)13-14-27-23(29)17-7-3-4-8-18(17)24(27)30/h3-12,15H,13-14H2,1-2H3. The minimum atomic E-state index is -0.647. The number of fused-ring (bicyclic) bond motifs is 1. The molecule has 0 N–H and O–H groups in total. The number of methoxy groups -OCH3 is 1. The highest BCUT2D eigenvalue weighted by molar-refractivity contribution is 6.21. The third kappa shape index (κ3) is 3.99. The van der Waals surface area contributed by atoms with Crippen molar-refractivity contribution in [2.45, 2.75) is 6.92 Å². The summed E-state index contributed by atoms with van der Waals surface area (Å²) in [6.45, 7) is 1.67. The highest BCUT2D eigenvalue weighted by Crippen LogP contribution is 2.32. The highest BCUT2D eigenvalue weighted by atomic mass is 16.6. The normalized spacial score (nSPS) is 12.5. The average Bonchev–Trinajstić information content (AvgIpc) is 3.09. The van der Waals surface area contributed by atoms with Crippen molar-refractivity contribution < 1.29 is 24.0 Å². The van der Waals surface area contributed by atoms with E-state index in [4.69, 9.17) is 4.74 Å². The Balaban J connectivity index is 1.71. The summed E-state index contributed by atoms with van der Waals surface area (Å²) in [7, 11) is 1.45. The van der Waals surface area contributed by atoms with Crippen LogP contribution in [0.15, 0.2) is 66.7 Å². The summed E-state index contributed by atoms with van der Waals surface area (Å²) in [5.41, 5.74) is 1.41. The number of anilines is 1. The summed E-state index contributed by atoms with van der Waals surface area (Å²) in [6.07, 6.45) is 0. The van der Waals surface area contributed by atoms with Gasteiger partial charge < -0.3 is 9.64 Å². The van der Waals surface area contributed by atoms with Crippen LogP contribution in [0.25, 0.3) is 0 Å². The molecule has 0 aromatic heterocycles. The van der Waals surface area contributed by atoms with E-state index in [-0.39, 0.29) is 24.3 Å². The van der Waals surface area contributed by atoms with Gasteiger partial charge in [0.15, 0.2) is 0 Å². The maximum Gasteiger partial charge on any atom is 0.282 e. The molecule has 1 heterocycles. The molecule has 9 nitrogen and oxygen atoms in total. The zero-order chi connectivity index (χ0) is 24.4. The Morgan fingerprint density at radius 2 is 1.62 bits per heavy atom. The van der Waals surface area contributed by atoms with Crippen molar-refractivity contribution in [3.05, 3.63) is 99.1 Å². The fraction of sp³-hybridized carbons (Fsp3) is 0.160. The zero-order valence-electron chi connectivity index (χ0n) is 18.6. The van der Waals surface area contributed by atoms with Crippen molar-refractivity contribution in [2.75, 3.05) is 25.1 Å². The van der Waals surface area contributed by atoms with Gasteiger partial charge in [-0.1, -0.05) is 30.3 Å². The van der Waals surface area contributed by atoms with E-state index in [1.165, 1.54) is 36.3 Å². The highest BCUT2D eigenvalue weighted by Gasteiger charge is 2.36. The molecule has 1 aliphatic rings. The molecule has 0 atom stereocenters. The van der Waals surface area contributed by atoms with E-state index in [0.29, 0.717) is 22.6 Å². The minimum absolute atomic E-state index is 0.0875. The SMILES string of the molecule is COc1cc(C)ccc1N(CCN1C(=O)c2ccccc2C1=O)C(=O)c1ccccc1[N+](=O)[O-]. The Bertz CT molecular complexity index is 1280. The number of carbonyl (C=O) groups is 3. The molecule has 0 saturated carbocycles. The molecule has 3 aromatic carbocycles. The lowest BCUT2D eigenvalue weighted by atomic mass is 10.1. The second-order valence-corrected chi connectivity index (χ2v) is 7.71. The molecule has 0 radical (unpaired) electrons. The Morgan fingerprint density at radius 1 is 1.00 bits per heavy atom. The minimum Gasteiger partial charge on any atom is -0.495 e. The number of para-hydroxylation sites is 1. The molecule has 0 saturated heterocycles. The van der Waals surface area contributed by atoms with Crippen molar-refractivity contribution in [1.82, 2.24) is 4.90 Å². The van der Waals surface area contributed by atoms with Gasteiger partial charge in [0.1, 0.15) is 11.3 Å². The maximum atomic E-state index is 13.6. The molecular formula is C25H21N3O6. The molecule has 0 bridgehead atoms. The van der Waals surface area contributed by atoms with Crippen molar-refractivity contribution >= 4 is 29.1 Å². The summed E-state index contributed by atoms with van der Waals surface area (Å²) in [5.74, 6) is -1.16. The first-order chi connectivity index (χ1) is 16.3. The molecule has 4 rings (SSSR count). The van der Waals surface area contributed by atoms with Crippen LogP contribution in [0, 0.1) is 17.0 Å². The number of carbonyl (C=O) groups excluding carboxylic acids is 3. The molecule has 0 unspecified atom stereocenters. The third-order valence-corrected chi connectivity index (χ3v) is 5.63. The van der Waals surface area contributed by atoms with E-state index in [1.807, 2.05) is 6.92 Å². The molecule has 1 aliphatic heterocycles. The number of hydrogen-bond acceptors (Lipinski definition) is 6. The molecule has 172 valence electrons. The summed E-state index contributed by atoms with van der Waals surface area (Å²) >= 11 is 0. The van der Waals surface area contributed by atoms with Gasteiger partial charge in [-0.3, -0.25) is 29.4 Å². The monoisotopic (exact) mass is 459 g/mol. The number of amides is 3. The van der Waals surface area contributed by atoms with Gasteiger partial charge in [0, 0.05) is 19.2 Å². The molecule has 0 aliphatic carbocycles. The average molecular weight is 459 g/mol. The largest absolute Gasteiger partial charge is 0.495 e. The molecule has 3 aromatic rings. The molecule has 0 fully saturated rings. The molecule has 34 heavy (non-hydrogen) atoms. The predicted octanol–water partition coefficient (Wildman–Crippen LogP) is 3.85. The molecular weight excluding hydrogens is 438 g/mol. The van der Waals surface area contributed by atoms with E-state index in [2.05, 4.69) is 0 Å². The number of hydrogen-bond donors (Lipinski definition) is 0. The van der Waals surface area contributed by atoms with Gasteiger partial charge in [-0.25, -0.2) is 0 Å². The number of nitro benzene ring substituents is 1. The molecule has 9 heteroatoms. The van der Waals surface area contributed by atoms with Gasteiger partial charge in [0.05, 0.1) is 28.8 Å². The van der Waals surface area contributed by atoms with Crippen LogP contribution in [-0.2, 0) is 0 Å². The topological polar surface area (TPSA) is 110 Å². The first kappa shape index (κ1) is 22.7. The first-order valence-corrected chi connectivity index (χ1v) is 10.5. The number of imide groups is 1. The quantitative estimate of drug-likeness (QED) is 0.301. The van der Waals surface area contributed by atoms with Gasteiger partial charge in [0.2, 0.25) is 0 Å². The second kappa shape index (κ2) is 9.14. The van der Waals surface area contributed by atoms with Gasteiger partial charge in [-0.05, 0) is 42.8 Å². The Hall–Kier alpha value is -4.53. The lowest BCUT2D eigenvalue weighted by molar-refractivity contribution is -0.385. The van der Waals surface area contributed by atoms with Crippen LogP contribution in [0.3, 0.4) is 0 Å². The number of benzene rings is 3. The molecule has 3 amide bonds. The Kier molecular flexibility index (Phi) is 6.09. The maximum absolute atomic E-state index is 13.6. The van der Waals surface area contributed by atoms with Crippen molar-refractivity contribution in [3.8, 4) is 5.75 Å². The Labute approximate surface area is 195 Å². The fourth-order valence-electron chi connectivity index (χ4n) is 3.94. The first-order valence-electron chi connectivity index (χ1n) is 10.5. The summed E-state index contributed by atoms with van der Waals surface area (Å²) < 4.78 is 5.46. The number of rotatable bonds is 7. The van der Waals surface area contributed by atoms with Gasteiger partial charge in [-0.15, -0.1) is 0 Å². The van der Waals surface area contributed by atoms with Gasteiger partial charge in [0.25, 0.3) is 23.4 Å². The smallest absolute Gasteiger partial charge is 0.282 e. The lowest BCUT2D eigenvalue weighted by Crippen LogP contribution is -2.41. The summed E-state index contributed by atoms with van der Waals surface area (Å²) in [6, 6.07) is 17.3. The van der Waals surface area contributed by atoms with Crippen molar-refractivity contribution in [1.29, 1.82) is 0 Å². The van der Waals surface area contributed by atoms with Crippen LogP contribution in [0.5, 0.6) is 5.75 Å². The van der Waals surface area contributed by atoms with Crippen molar-refractivity contribution in [2.24, 2.45) is 0 Å². The van der Waals surface area contributed by atoms with Crippen LogP contribution >= 0.6 is 0 Å². The zero-order valence-corrected chi connectivity index (χ0v) is 18.6. The number of nitro groups is 1. The van der Waals surface area contributed by atoms with E-state index < -0.39 is 22.6 Å². The van der Waals surface area contributed by atoms with Crippen LogP contribution in [0.2, 0.25) is 0 Å². The van der Waals surface area contributed by atoms with E-state index in [0.717, 1.165) is 10.5 Å². The third-order valence-electron chi connectivity index (χ3n) is 5.63.